The quantitative estimate of drug-likeness (QED) is 0.127. The molecule has 3 amide bonds. The maximum Gasteiger partial charge on any atom is 0.281 e. The molecule has 1 fully saturated rings. The number of hydrazone groups is 1. The normalized spacial score (nSPS) is 13.8. The Morgan fingerprint density at radius 1 is 0.933 bits per heavy atom. The lowest BCUT2D eigenvalue weighted by Gasteiger charge is -2.26. The van der Waals surface area contributed by atoms with Gasteiger partial charge in [-0.05, 0) is 54.4 Å². The molecule has 1 aliphatic rings. The van der Waals surface area contributed by atoms with Crippen LogP contribution in [0.1, 0.15) is 47.8 Å². The van der Waals surface area contributed by atoms with Gasteiger partial charge in [-0.1, -0.05) is 40.2 Å². The lowest BCUT2D eigenvalue weighted by atomic mass is 10.1. The molecule has 3 heterocycles. The second kappa shape index (κ2) is 15.4. The summed E-state index contributed by atoms with van der Waals surface area (Å²) in [6.45, 7) is 6.52. The highest BCUT2D eigenvalue weighted by atomic mass is 79.9. The topological polar surface area (TPSA) is 132 Å². The van der Waals surface area contributed by atoms with E-state index in [0.717, 1.165) is 59.8 Å². The molecule has 13 heteroatoms. The molecular weight excluding hydrogens is 678 g/mol. The van der Waals surface area contributed by atoms with Gasteiger partial charge in [0, 0.05) is 48.1 Å². The number of hydrogen-bond acceptors (Lipinski definition) is 9. The number of halogens is 1. The molecule has 2 aromatic carbocycles. The van der Waals surface area contributed by atoms with Crippen LogP contribution in [0.3, 0.4) is 0 Å². The molecule has 0 radical (unpaired) electrons. The minimum Gasteiger partial charge on any atom is -0.506 e. The van der Waals surface area contributed by atoms with E-state index in [-0.39, 0.29) is 24.1 Å². The van der Waals surface area contributed by atoms with E-state index in [4.69, 9.17) is 4.74 Å². The van der Waals surface area contributed by atoms with E-state index in [1.807, 2.05) is 24.3 Å². The zero-order valence-corrected chi connectivity index (χ0v) is 27.7. The van der Waals surface area contributed by atoms with Crippen LogP contribution in [-0.4, -0.2) is 72.8 Å². The smallest absolute Gasteiger partial charge is 0.281 e. The van der Waals surface area contributed by atoms with E-state index >= 15 is 0 Å². The van der Waals surface area contributed by atoms with Crippen LogP contribution in [-0.2, 0) is 11.3 Å². The van der Waals surface area contributed by atoms with E-state index in [1.54, 1.807) is 48.7 Å². The van der Waals surface area contributed by atoms with E-state index in [2.05, 4.69) is 42.0 Å². The maximum absolute atomic E-state index is 12.7. The van der Waals surface area contributed by atoms with E-state index in [1.165, 1.54) is 11.3 Å². The number of amides is 3. The van der Waals surface area contributed by atoms with Gasteiger partial charge in [-0.25, -0.2) is 5.43 Å². The molecule has 45 heavy (non-hydrogen) atoms. The predicted octanol–water partition coefficient (Wildman–Crippen LogP) is 5.09. The Balaban J connectivity index is 1.09. The standard InChI is InChI=1S/C32H32BrN5O5S2/c1-20(25-19-44-29(28(25)39)22-6-8-24(33)9-7-22)36-37-32(42)27-11-10-26(45-27)31(41)35-18-21-2-4-23(5-3-21)30(40)34-12-13-38-14-16-43-17-15-38/h2-11,19,39H,12-18H2,1H3,(H,34,40)(H,35,41)(H,37,42)/b36-20+. The molecular formula is C32H32BrN5O5S2. The van der Waals surface area contributed by atoms with Crippen molar-refractivity contribution in [2.45, 2.75) is 13.5 Å². The van der Waals surface area contributed by atoms with Crippen LogP contribution in [0.4, 0.5) is 0 Å². The Morgan fingerprint density at radius 2 is 1.62 bits per heavy atom. The van der Waals surface area contributed by atoms with E-state index in [0.29, 0.717) is 38.0 Å². The van der Waals surface area contributed by atoms with Gasteiger partial charge in [-0.3, -0.25) is 19.3 Å². The number of thiophene rings is 2. The number of nitrogens with one attached hydrogen (secondary N) is 3. The van der Waals surface area contributed by atoms with Gasteiger partial charge in [0.25, 0.3) is 17.7 Å². The van der Waals surface area contributed by atoms with Crippen LogP contribution in [0.15, 0.2) is 75.6 Å². The first-order valence-electron chi connectivity index (χ1n) is 14.2. The summed E-state index contributed by atoms with van der Waals surface area (Å²) in [6, 6.07) is 17.9. The summed E-state index contributed by atoms with van der Waals surface area (Å²) in [5.41, 5.74) is 5.76. The summed E-state index contributed by atoms with van der Waals surface area (Å²) in [7, 11) is 0. The Morgan fingerprint density at radius 3 is 2.33 bits per heavy atom. The van der Waals surface area contributed by atoms with Crippen LogP contribution < -0.4 is 16.1 Å². The monoisotopic (exact) mass is 709 g/mol. The zero-order chi connectivity index (χ0) is 31.8. The zero-order valence-electron chi connectivity index (χ0n) is 24.5. The first-order chi connectivity index (χ1) is 21.8. The maximum atomic E-state index is 12.7. The molecule has 2 aromatic heterocycles. The second-order valence-corrected chi connectivity index (χ2v) is 13.1. The number of carbonyl (C=O) groups excluding carboxylic acids is 3. The number of ether oxygens (including phenoxy) is 1. The van der Waals surface area contributed by atoms with Gasteiger partial charge in [0.15, 0.2) is 0 Å². The highest BCUT2D eigenvalue weighted by Gasteiger charge is 2.17. The molecule has 0 atom stereocenters. The average molecular weight is 711 g/mol. The number of aromatic hydroxyl groups is 1. The lowest BCUT2D eigenvalue weighted by Crippen LogP contribution is -2.41. The van der Waals surface area contributed by atoms with Crippen molar-refractivity contribution in [3.8, 4) is 16.2 Å². The molecule has 0 aliphatic carbocycles. The summed E-state index contributed by atoms with van der Waals surface area (Å²) in [4.78, 5) is 41.6. The predicted molar refractivity (Wildman–Crippen MR) is 180 cm³/mol. The van der Waals surface area contributed by atoms with E-state index < -0.39 is 5.91 Å². The van der Waals surface area contributed by atoms with Crippen molar-refractivity contribution >= 4 is 62.0 Å². The number of morpholine rings is 1. The first kappa shape index (κ1) is 32.5. The summed E-state index contributed by atoms with van der Waals surface area (Å²) in [6.07, 6.45) is 0. The first-order valence-corrected chi connectivity index (χ1v) is 16.7. The average Bonchev–Trinajstić information content (AvgIpc) is 3.71. The molecule has 5 rings (SSSR count). The van der Waals surface area contributed by atoms with E-state index in [9.17, 15) is 19.5 Å². The summed E-state index contributed by atoms with van der Waals surface area (Å²) in [5.74, 6) is -0.807. The van der Waals surface area contributed by atoms with Crippen molar-refractivity contribution in [2.75, 3.05) is 39.4 Å². The highest BCUT2D eigenvalue weighted by Crippen LogP contribution is 2.39. The van der Waals surface area contributed by atoms with Crippen LogP contribution in [0, 0.1) is 0 Å². The lowest BCUT2D eigenvalue weighted by molar-refractivity contribution is 0.0383. The molecule has 1 saturated heterocycles. The van der Waals surface area contributed by atoms with Crippen molar-refractivity contribution in [1.29, 1.82) is 0 Å². The van der Waals surface area contributed by atoms with Crippen molar-refractivity contribution in [3.05, 3.63) is 97.0 Å². The van der Waals surface area contributed by atoms with Crippen LogP contribution in [0.5, 0.6) is 5.75 Å². The Labute approximate surface area is 277 Å². The number of rotatable bonds is 11. The van der Waals surface area contributed by atoms with Crippen LogP contribution in [0.2, 0.25) is 0 Å². The van der Waals surface area contributed by atoms with Gasteiger partial charge >= 0.3 is 0 Å². The molecule has 0 spiro atoms. The van der Waals surface area contributed by atoms with Crippen LogP contribution in [0.25, 0.3) is 10.4 Å². The molecule has 10 nitrogen and oxygen atoms in total. The highest BCUT2D eigenvalue weighted by molar-refractivity contribution is 9.10. The Hall–Kier alpha value is -3.88. The van der Waals surface area contributed by atoms with Gasteiger partial charge in [0.05, 0.1) is 39.1 Å². The van der Waals surface area contributed by atoms with Gasteiger partial charge in [-0.15, -0.1) is 22.7 Å². The Bertz CT molecular complexity index is 1680. The van der Waals surface area contributed by atoms with Crippen molar-refractivity contribution < 1.29 is 24.2 Å². The SMILES string of the molecule is C/C(=N\NC(=O)c1ccc(C(=O)NCc2ccc(C(=O)NCCN3CCOCC3)cc2)s1)c1csc(-c2ccc(Br)cc2)c1O. The molecule has 0 unspecified atom stereocenters. The summed E-state index contributed by atoms with van der Waals surface area (Å²) in [5, 5.41) is 22.5. The van der Waals surface area contributed by atoms with Crippen molar-refractivity contribution in [2.24, 2.45) is 5.10 Å². The summed E-state index contributed by atoms with van der Waals surface area (Å²) < 4.78 is 6.29. The number of nitrogens with zero attached hydrogens (tertiary/aromatic N) is 2. The third-order valence-corrected chi connectivity index (χ3v) is 9.76. The largest absolute Gasteiger partial charge is 0.506 e. The third-order valence-electron chi connectivity index (χ3n) is 7.13. The van der Waals surface area contributed by atoms with Crippen molar-refractivity contribution in [1.82, 2.24) is 21.0 Å². The molecule has 4 aromatic rings. The fourth-order valence-corrected chi connectivity index (χ4v) is 6.63. The molecule has 1 aliphatic heterocycles. The molecule has 0 saturated carbocycles. The second-order valence-electron chi connectivity index (χ2n) is 10.2. The van der Waals surface area contributed by atoms with Gasteiger partial charge in [0.2, 0.25) is 0 Å². The van der Waals surface area contributed by atoms with Crippen LogP contribution >= 0.6 is 38.6 Å². The van der Waals surface area contributed by atoms with Gasteiger partial charge < -0.3 is 20.5 Å². The number of carbonyl (C=O) groups is 3. The third kappa shape index (κ3) is 8.65. The minimum atomic E-state index is -0.458. The van der Waals surface area contributed by atoms with Crippen molar-refractivity contribution in [3.63, 3.8) is 0 Å². The molecule has 0 bridgehead atoms. The fourth-order valence-electron chi connectivity index (χ4n) is 4.54. The van der Waals surface area contributed by atoms with Gasteiger partial charge in [0.1, 0.15) is 5.75 Å². The number of benzene rings is 2. The van der Waals surface area contributed by atoms with Gasteiger partial charge in [-0.2, -0.15) is 5.10 Å². The molecule has 234 valence electrons. The number of hydrogen-bond donors (Lipinski definition) is 4. The Kier molecular flexibility index (Phi) is 11.1. The summed E-state index contributed by atoms with van der Waals surface area (Å²) >= 11 is 5.85. The fraction of sp³-hybridized carbons (Fsp3) is 0.250. The molecule has 4 N–H and O–H groups in total. The minimum absolute atomic E-state index is 0.102.